The van der Waals surface area contributed by atoms with Crippen molar-refractivity contribution in [3.05, 3.63) is 0 Å². The highest BCUT2D eigenvalue weighted by Gasteiger charge is 2.19. The minimum atomic E-state index is -0.759. The van der Waals surface area contributed by atoms with Gasteiger partial charge in [-0.25, -0.2) is 0 Å². The van der Waals surface area contributed by atoms with Gasteiger partial charge in [0.15, 0.2) is 6.10 Å². The predicted molar refractivity (Wildman–Crippen MR) is 266 cm³/mol. The number of unbranched alkanes of at least 4 members (excludes halogenated alkanes) is 41. The zero-order chi connectivity index (χ0) is 45.1. The van der Waals surface area contributed by atoms with Crippen molar-refractivity contribution in [2.24, 2.45) is 0 Å². The van der Waals surface area contributed by atoms with Crippen LogP contribution in [0.25, 0.3) is 0 Å². The molecule has 0 saturated carbocycles. The maximum Gasteiger partial charge on any atom is 0.306 e. The van der Waals surface area contributed by atoms with E-state index < -0.39 is 6.10 Å². The summed E-state index contributed by atoms with van der Waals surface area (Å²) in [4.78, 5) is 37.9. The van der Waals surface area contributed by atoms with Gasteiger partial charge in [0.25, 0.3) is 0 Å². The van der Waals surface area contributed by atoms with Gasteiger partial charge < -0.3 is 14.2 Å². The maximum absolute atomic E-state index is 12.8. The van der Waals surface area contributed by atoms with Crippen LogP contribution in [-0.4, -0.2) is 37.2 Å². The lowest BCUT2D eigenvalue weighted by Crippen LogP contribution is -2.30. The van der Waals surface area contributed by atoms with E-state index in [1.54, 1.807) is 0 Å². The van der Waals surface area contributed by atoms with Gasteiger partial charge in [-0.3, -0.25) is 14.4 Å². The molecular weight excluding hydrogens is 769 g/mol. The van der Waals surface area contributed by atoms with E-state index in [9.17, 15) is 14.4 Å². The van der Waals surface area contributed by atoms with E-state index in [0.29, 0.717) is 19.3 Å². The van der Waals surface area contributed by atoms with Crippen molar-refractivity contribution in [1.82, 2.24) is 0 Å². The molecule has 0 unspecified atom stereocenters. The Labute approximate surface area is 387 Å². The molecule has 0 spiro atoms. The Morgan fingerprint density at radius 2 is 0.435 bits per heavy atom. The van der Waals surface area contributed by atoms with Crippen LogP contribution in [0.1, 0.15) is 323 Å². The standard InChI is InChI=1S/C56H108O6/c1-4-7-10-13-16-18-20-22-24-26-28-30-31-33-35-37-40-43-46-49-55(58)61-52-53(51-60-54(57)48-45-42-39-15-12-9-6-3)62-56(59)50-47-44-41-38-36-34-32-29-27-25-23-21-19-17-14-11-8-5-2/h53H,4-52H2,1-3H3/t53-/m0/s1. The summed E-state index contributed by atoms with van der Waals surface area (Å²) in [6.07, 6.45) is 56.8. The molecule has 0 aromatic heterocycles. The molecule has 0 saturated heterocycles. The number of esters is 3. The zero-order valence-electron chi connectivity index (χ0n) is 42.2. The van der Waals surface area contributed by atoms with Gasteiger partial charge in [0, 0.05) is 19.3 Å². The third kappa shape index (κ3) is 49.4. The Balaban J connectivity index is 4.14. The van der Waals surface area contributed by atoms with E-state index in [1.165, 1.54) is 225 Å². The molecule has 0 heterocycles. The molecule has 0 aliphatic rings. The topological polar surface area (TPSA) is 78.9 Å². The van der Waals surface area contributed by atoms with Crippen LogP contribution in [0, 0.1) is 0 Å². The molecule has 0 rings (SSSR count). The smallest absolute Gasteiger partial charge is 0.306 e. The highest BCUT2D eigenvalue weighted by Crippen LogP contribution is 2.17. The fraction of sp³-hybridized carbons (Fsp3) is 0.946. The van der Waals surface area contributed by atoms with Crippen molar-refractivity contribution in [2.45, 2.75) is 329 Å². The predicted octanol–water partition coefficient (Wildman–Crippen LogP) is 18.4. The van der Waals surface area contributed by atoms with Crippen LogP contribution in [0.15, 0.2) is 0 Å². The average Bonchev–Trinajstić information content (AvgIpc) is 3.27. The van der Waals surface area contributed by atoms with Gasteiger partial charge in [0.2, 0.25) is 0 Å². The first-order valence-electron chi connectivity index (χ1n) is 28.0. The Morgan fingerprint density at radius 3 is 0.645 bits per heavy atom. The van der Waals surface area contributed by atoms with E-state index >= 15 is 0 Å². The summed E-state index contributed by atoms with van der Waals surface area (Å²) < 4.78 is 16.8. The van der Waals surface area contributed by atoms with E-state index in [1.807, 2.05) is 0 Å². The van der Waals surface area contributed by atoms with Gasteiger partial charge in [0.1, 0.15) is 13.2 Å². The SMILES string of the molecule is CCCCCCCCCCCCCCCCCCCCCC(=O)OC[C@H](COC(=O)CCCCCCCCC)OC(=O)CCCCCCCCCCCCCCCCCCCC. The molecule has 62 heavy (non-hydrogen) atoms. The monoisotopic (exact) mass is 877 g/mol. The molecule has 0 aliphatic heterocycles. The van der Waals surface area contributed by atoms with Crippen molar-refractivity contribution in [2.75, 3.05) is 13.2 Å². The van der Waals surface area contributed by atoms with Gasteiger partial charge in [-0.15, -0.1) is 0 Å². The molecule has 0 radical (unpaired) electrons. The molecule has 6 heteroatoms. The Kier molecular flexibility index (Phi) is 50.7. The van der Waals surface area contributed by atoms with Gasteiger partial charge in [-0.1, -0.05) is 284 Å². The largest absolute Gasteiger partial charge is 0.462 e. The second kappa shape index (κ2) is 52.0. The van der Waals surface area contributed by atoms with Crippen LogP contribution in [-0.2, 0) is 28.6 Å². The van der Waals surface area contributed by atoms with Crippen LogP contribution in [0.5, 0.6) is 0 Å². The minimum Gasteiger partial charge on any atom is -0.462 e. The Hall–Kier alpha value is -1.59. The van der Waals surface area contributed by atoms with Crippen LogP contribution in [0.4, 0.5) is 0 Å². The lowest BCUT2D eigenvalue weighted by molar-refractivity contribution is -0.167. The molecule has 0 fully saturated rings. The normalized spacial score (nSPS) is 11.9. The Morgan fingerprint density at radius 1 is 0.258 bits per heavy atom. The van der Waals surface area contributed by atoms with Crippen molar-refractivity contribution in [3.8, 4) is 0 Å². The number of hydrogen-bond acceptors (Lipinski definition) is 6. The molecule has 0 amide bonds. The lowest BCUT2D eigenvalue weighted by atomic mass is 10.0. The number of rotatable bonds is 52. The first kappa shape index (κ1) is 60.4. The van der Waals surface area contributed by atoms with Crippen LogP contribution in [0.3, 0.4) is 0 Å². The zero-order valence-corrected chi connectivity index (χ0v) is 42.2. The van der Waals surface area contributed by atoms with Crippen LogP contribution < -0.4 is 0 Å². The summed E-state index contributed by atoms with van der Waals surface area (Å²) in [5.74, 6) is -0.844. The molecule has 0 bridgehead atoms. The van der Waals surface area contributed by atoms with Gasteiger partial charge in [0.05, 0.1) is 0 Å². The third-order valence-electron chi connectivity index (χ3n) is 12.9. The van der Waals surface area contributed by atoms with Crippen molar-refractivity contribution < 1.29 is 28.6 Å². The molecule has 0 aliphatic carbocycles. The molecule has 0 N–H and O–H groups in total. The van der Waals surface area contributed by atoms with Crippen molar-refractivity contribution in [3.63, 3.8) is 0 Å². The molecule has 0 aromatic rings. The second-order valence-corrected chi connectivity index (χ2v) is 19.2. The molecule has 368 valence electrons. The summed E-state index contributed by atoms with van der Waals surface area (Å²) in [5.41, 5.74) is 0. The first-order chi connectivity index (χ1) is 30.5. The average molecular weight is 877 g/mol. The lowest BCUT2D eigenvalue weighted by Gasteiger charge is -2.18. The summed E-state index contributed by atoms with van der Waals surface area (Å²) in [7, 11) is 0. The summed E-state index contributed by atoms with van der Waals surface area (Å²) in [6.45, 7) is 6.66. The number of hydrogen-bond donors (Lipinski definition) is 0. The number of ether oxygens (including phenoxy) is 3. The fourth-order valence-electron chi connectivity index (χ4n) is 8.62. The van der Waals surface area contributed by atoms with E-state index in [2.05, 4.69) is 20.8 Å². The number of carbonyl (C=O) groups excluding carboxylic acids is 3. The summed E-state index contributed by atoms with van der Waals surface area (Å²) >= 11 is 0. The fourth-order valence-corrected chi connectivity index (χ4v) is 8.62. The minimum absolute atomic E-state index is 0.0620. The maximum atomic E-state index is 12.8. The molecule has 0 aromatic carbocycles. The van der Waals surface area contributed by atoms with Gasteiger partial charge >= 0.3 is 17.9 Å². The highest BCUT2D eigenvalue weighted by molar-refractivity contribution is 5.71. The molecule has 1 atom stereocenters. The van der Waals surface area contributed by atoms with E-state index in [-0.39, 0.29) is 31.1 Å². The van der Waals surface area contributed by atoms with Crippen molar-refractivity contribution in [1.29, 1.82) is 0 Å². The molecule has 6 nitrogen and oxygen atoms in total. The quantitative estimate of drug-likeness (QED) is 0.0344. The third-order valence-corrected chi connectivity index (χ3v) is 12.9. The number of carbonyl (C=O) groups is 3. The van der Waals surface area contributed by atoms with Crippen molar-refractivity contribution >= 4 is 17.9 Å². The Bertz CT molecular complexity index is 920. The van der Waals surface area contributed by atoms with E-state index in [0.717, 1.165) is 57.8 Å². The van der Waals surface area contributed by atoms with Crippen LogP contribution >= 0.6 is 0 Å². The highest BCUT2D eigenvalue weighted by atomic mass is 16.6. The van der Waals surface area contributed by atoms with Gasteiger partial charge in [-0.05, 0) is 19.3 Å². The van der Waals surface area contributed by atoms with E-state index in [4.69, 9.17) is 14.2 Å². The van der Waals surface area contributed by atoms with Gasteiger partial charge in [-0.2, -0.15) is 0 Å². The summed E-state index contributed by atoms with van der Waals surface area (Å²) in [6, 6.07) is 0. The molecular formula is C56H108O6. The second-order valence-electron chi connectivity index (χ2n) is 19.2. The van der Waals surface area contributed by atoms with Crippen LogP contribution in [0.2, 0.25) is 0 Å². The summed E-state index contributed by atoms with van der Waals surface area (Å²) in [5, 5.41) is 0. The first-order valence-corrected chi connectivity index (χ1v) is 28.0.